The van der Waals surface area contributed by atoms with E-state index in [-0.39, 0.29) is 17.9 Å². The van der Waals surface area contributed by atoms with Crippen molar-refractivity contribution >= 4 is 38.6 Å². The first-order valence-corrected chi connectivity index (χ1v) is 7.08. The zero-order valence-corrected chi connectivity index (χ0v) is 13.1. The molecule has 1 aromatic carbocycles. The number of rotatable bonds is 3. The van der Waals surface area contributed by atoms with Crippen LogP contribution >= 0.6 is 15.9 Å². The molecule has 2 aromatic rings. The molecule has 0 saturated heterocycles. The summed E-state index contributed by atoms with van der Waals surface area (Å²) in [4.78, 5) is 23.7. The Labute approximate surface area is 133 Å². The Kier molecular flexibility index (Phi) is 4.63. The van der Waals surface area contributed by atoms with Crippen LogP contribution in [0.1, 0.15) is 12.5 Å². The number of nitrogens with zero attached hydrogens (tertiary/aromatic N) is 1. The summed E-state index contributed by atoms with van der Waals surface area (Å²) in [5.74, 6) is -0.878. The Bertz CT molecular complexity index is 877. The minimum atomic E-state index is -0.878. The molecule has 0 unspecified atom stereocenters. The van der Waals surface area contributed by atoms with E-state index in [2.05, 4.69) is 15.9 Å². The Morgan fingerprint density at radius 1 is 1.45 bits per heavy atom. The van der Waals surface area contributed by atoms with Crippen LogP contribution in [0.3, 0.4) is 0 Å². The monoisotopic (exact) mass is 362 g/mol. The van der Waals surface area contributed by atoms with E-state index in [1.807, 2.05) is 0 Å². The van der Waals surface area contributed by atoms with Gasteiger partial charge in [-0.15, -0.1) is 0 Å². The summed E-state index contributed by atoms with van der Waals surface area (Å²) in [5, 5.41) is 9.68. The minimum absolute atomic E-state index is 0.0600. The molecule has 0 aliphatic carbocycles. The van der Waals surface area contributed by atoms with E-state index in [0.717, 1.165) is 4.47 Å². The number of ether oxygens (including phenoxy) is 1. The average Bonchev–Trinajstić information content (AvgIpc) is 2.48. The van der Waals surface area contributed by atoms with E-state index < -0.39 is 17.2 Å². The molecule has 0 amide bonds. The normalized spacial score (nSPS) is 11.7. The number of fused-ring (bicyclic) bond motifs is 1. The molecule has 0 aliphatic heterocycles. The van der Waals surface area contributed by atoms with Crippen molar-refractivity contribution in [2.45, 2.75) is 6.92 Å². The van der Waals surface area contributed by atoms with Crippen LogP contribution in [0, 0.1) is 11.3 Å². The molecule has 0 bridgehead atoms. The van der Waals surface area contributed by atoms with E-state index in [4.69, 9.17) is 20.1 Å². The molecule has 2 rings (SSSR count). The molecule has 0 fully saturated rings. The smallest absolute Gasteiger partial charge is 0.351 e. The molecule has 0 spiro atoms. The van der Waals surface area contributed by atoms with Crippen LogP contribution in [0.25, 0.3) is 16.7 Å². The molecular formula is C15H11BrN2O4. The fourth-order valence-corrected chi connectivity index (χ4v) is 2.21. The van der Waals surface area contributed by atoms with Crippen molar-refractivity contribution in [1.82, 2.24) is 0 Å². The maximum absolute atomic E-state index is 12.0. The van der Waals surface area contributed by atoms with Gasteiger partial charge in [0.1, 0.15) is 11.7 Å². The lowest BCUT2D eigenvalue weighted by molar-refractivity contribution is -0.137. The number of nitrogens with two attached hydrogens (primary N) is 1. The van der Waals surface area contributed by atoms with Gasteiger partial charge in [0.15, 0.2) is 5.57 Å². The molecule has 112 valence electrons. The molecule has 1 aromatic heterocycles. The summed E-state index contributed by atoms with van der Waals surface area (Å²) < 4.78 is 10.7. The number of carbonyl (C=O) groups is 1. The summed E-state index contributed by atoms with van der Waals surface area (Å²) in [6, 6.07) is 8.21. The van der Waals surface area contributed by atoms with E-state index in [9.17, 15) is 9.59 Å². The molecule has 0 atom stereocenters. The average molecular weight is 363 g/mol. The minimum Gasteiger partial charge on any atom is -0.462 e. The first-order chi connectivity index (χ1) is 10.5. The van der Waals surface area contributed by atoms with Gasteiger partial charge in [0.05, 0.1) is 17.9 Å². The maximum atomic E-state index is 12.0. The SMILES string of the molecule is CCOC(=O)C(C#N)=C(N)c1cc2cc(Br)ccc2oc1=O. The third-order valence-electron chi connectivity index (χ3n) is 2.85. The molecule has 0 aliphatic rings. The lowest BCUT2D eigenvalue weighted by Gasteiger charge is -2.06. The van der Waals surface area contributed by atoms with Crippen molar-refractivity contribution in [2.75, 3.05) is 6.61 Å². The Hall–Kier alpha value is -2.59. The molecule has 0 saturated carbocycles. The van der Waals surface area contributed by atoms with Crippen molar-refractivity contribution < 1.29 is 13.9 Å². The summed E-state index contributed by atoms with van der Waals surface area (Å²) >= 11 is 3.31. The fraction of sp³-hybridized carbons (Fsp3) is 0.133. The van der Waals surface area contributed by atoms with E-state index in [1.54, 1.807) is 31.2 Å². The highest BCUT2D eigenvalue weighted by atomic mass is 79.9. The van der Waals surface area contributed by atoms with Gasteiger partial charge in [-0.2, -0.15) is 5.26 Å². The van der Waals surface area contributed by atoms with Gasteiger partial charge in [0.25, 0.3) is 0 Å². The lowest BCUT2D eigenvalue weighted by atomic mass is 10.1. The van der Waals surface area contributed by atoms with Crippen LogP contribution in [-0.2, 0) is 9.53 Å². The van der Waals surface area contributed by atoms with Crippen LogP contribution in [0.4, 0.5) is 0 Å². The first kappa shape index (κ1) is 15.8. The molecule has 2 N–H and O–H groups in total. The second-order valence-corrected chi connectivity index (χ2v) is 5.17. The summed E-state index contributed by atoms with van der Waals surface area (Å²) in [6.07, 6.45) is 0. The van der Waals surface area contributed by atoms with E-state index >= 15 is 0 Å². The Morgan fingerprint density at radius 2 is 2.18 bits per heavy atom. The van der Waals surface area contributed by atoms with Crippen molar-refractivity contribution in [2.24, 2.45) is 5.73 Å². The Morgan fingerprint density at radius 3 is 2.82 bits per heavy atom. The van der Waals surface area contributed by atoms with Crippen LogP contribution < -0.4 is 11.4 Å². The van der Waals surface area contributed by atoms with Gasteiger partial charge in [-0.25, -0.2) is 9.59 Å². The predicted molar refractivity (Wildman–Crippen MR) is 83.5 cm³/mol. The fourth-order valence-electron chi connectivity index (χ4n) is 1.84. The Balaban J connectivity index is 2.67. The van der Waals surface area contributed by atoms with Crippen LogP contribution in [-0.4, -0.2) is 12.6 Å². The topological polar surface area (TPSA) is 106 Å². The number of nitriles is 1. The highest BCUT2D eigenvalue weighted by Crippen LogP contribution is 2.21. The number of benzene rings is 1. The maximum Gasteiger partial charge on any atom is 0.351 e. The predicted octanol–water partition coefficient (Wildman–Crippen LogP) is 2.31. The second kappa shape index (κ2) is 6.45. The van der Waals surface area contributed by atoms with Crippen LogP contribution in [0.15, 0.2) is 43.5 Å². The lowest BCUT2D eigenvalue weighted by Crippen LogP contribution is -2.17. The molecule has 6 nitrogen and oxygen atoms in total. The number of halogens is 1. The van der Waals surface area contributed by atoms with Gasteiger partial charge in [0.2, 0.25) is 0 Å². The quantitative estimate of drug-likeness (QED) is 0.388. The standard InChI is InChI=1S/C15H11BrN2O4/c1-2-21-14(19)11(7-17)13(18)10-6-8-5-9(16)3-4-12(8)22-15(10)20/h3-6H,2,18H2,1H3. The van der Waals surface area contributed by atoms with Crippen LogP contribution in [0.2, 0.25) is 0 Å². The third-order valence-corrected chi connectivity index (χ3v) is 3.34. The third kappa shape index (κ3) is 3.02. The van der Waals surface area contributed by atoms with Gasteiger partial charge in [0, 0.05) is 9.86 Å². The van der Waals surface area contributed by atoms with E-state index in [0.29, 0.717) is 11.0 Å². The van der Waals surface area contributed by atoms with Gasteiger partial charge >= 0.3 is 11.6 Å². The largest absolute Gasteiger partial charge is 0.462 e. The first-order valence-electron chi connectivity index (χ1n) is 6.28. The highest BCUT2D eigenvalue weighted by molar-refractivity contribution is 9.10. The highest BCUT2D eigenvalue weighted by Gasteiger charge is 2.19. The van der Waals surface area contributed by atoms with E-state index in [1.165, 1.54) is 6.07 Å². The van der Waals surface area contributed by atoms with Gasteiger partial charge in [-0.3, -0.25) is 0 Å². The summed E-state index contributed by atoms with van der Waals surface area (Å²) in [5.41, 5.74) is 4.68. The number of hydrogen-bond acceptors (Lipinski definition) is 6. The zero-order valence-electron chi connectivity index (χ0n) is 11.6. The van der Waals surface area contributed by atoms with Crippen molar-refractivity contribution in [3.05, 3.63) is 50.3 Å². The number of esters is 1. The van der Waals surface area contributed by atoms with Gasteiger partial charge in [-0.05, 0) is 31.2 Å². The van der Waals surface area contributed by atoms with Crippen molar-refractivity contribution in [3.8, 4) is 6.07 Å². The summed E-state index contributed by atoms with van der Waals surface area (Å²) in [6.45, 7) is 1.70. The molecule has 22 heavy (non-hydrogen) atoms. The molecular weight excluding hydrogens is 352 g/mol. The van der Waals surface area contributed by atoms with Gasteiger partial charge in [-0.1, -0.05) is 15.9 Å². The number of carbonyl (C=O) groups excluding carboxylic acids is 1. The second-order valence-electron chi connectivity index (χ2n) is 4.25. The zero-order chi connectivity index (χ0) is 16.3. The molecule has 7 heteroatoms. The molecule has 1 heterocycles. The number of hydrogen-bond donors (Lipinski definition) is 1. The van der Waals surface area contributed by atoms with Crippen molar-refractivity contribution in [3.63, 3.8) is 0 Å². The molecule has 0 radical (unpaired) electrons. The van der Waals surface area contributed by atoms with Gasteiger partial charge < -0.3 is 14.9 Å². The van der Waals surface area contributed by atoms with Crippen molar-refractivity contribution in [1.29, 1.82) is 5.26 Å². The summed E-state index contributed by atoms with van der Waals surface area (Å²) in [7, 11) is 0. The van der Waals surface area contributed by atoms with Crippen LogP contribution in [0.5, 0.6) is 0 Å².